The third-order valence-corrected chi connectivity index (χ3v) is 3.27. The van der Waals surface area contributed by atoms with Gasteiger partial charge < -0.3 is 14.6 Å². The number of amides is 2. The summed E-state index contributed by atoms with van der Waals surface area (Å²) >= 11 is 0. The monoisotopic (exact) mass is 329 g/mol. The Labute approximate surface area is 136 Å². The molecule has 0 spiro atoms. The van der Waals surface area contributed by atoms with Crippen LogP contribution in [0.25, 0.3) is 11.0 Å². The van der Waals surface area contributed by atoms with Crippen LogP contribution in [0.1, 0.15) is 0 Å². The number of methoxy groups -OCH3 is 1. The zero-order chi connectivity index (χ0) is 17.1. The van der Waals surface area contributed by atoms with Gasteiger partial charge in [0.2, 0.25) is 5.91 Å². The molecule has 2 aromatic heterocycles. The molecule has 0 unspecified atom stereocenters. The largest absolute Gasteiger partial charge is 0.453 e. The van der Waals surface area contributed by atoms with E-state index in [1.54, 1.807) is 18.5 Å². The van der Waals surface area contributed by atoms with E-state index in [0.717, 1.165) is 11.0 Å². The van der Waals surface area contributed by atoms with Gasteiger partial charge in [-0.15, -0.1) is 5.10 Å². The zero-order valence-corrected chi connectivity index (χ0v) is 13.1. The van der Waals surface area contributed by atoms with Crippen molar-refractivity contribution in [2.75, 3.05) is 17.7 Å². The molecule has 124 valence electrons. The normalized spacial score (nSPS) is 10.6. The Kier molecular flexibility index (Phi) is 4.10. The van der Waals surface area contributed by atoms with Crippen molar-refractivity contribution in [1.82, 2.24) is 24.5 Å². The van der Waals surface area contributed by atoms with Gasteiger partial charge in [0.05, 0.1) is 30.7 Å². The van der Waals surface area contributed by atoms with E-state index in [-0.39, 0.29) is 18.3 Å². The van der Waals surface area contributed by atoms with Crippen LogP contribution >= 0.6 is 0 Å². The summed E-state index contributed by atoms with van der Waals surface area (Å²) in [6.45, 7) is -0.0455. The number of nitrogens with zero attached hydrogens (tertiary/aromatic N) is 5. The van der Waals surface area contributed by atoms with Crippen molar-refractivity contribution in [1.29, 1.82) is 0 Å². The summed E-state index contributed by atoms with van der Waals surface area (Å²) < 4.78 is 7.65. The number of imidazole rings is 1. The lowest BCUT2D eigenvalue weighted by atomic mass is 10.2. The second kappa shape index (κ2) is 6.36. The minimum absolute atomic E-state index is 0.0455. The van der Waals surface area contributed by atoms with Crippen LogP contribution in [0.15, 0.2) is 30.7 Å². The van der Waals surface area contributed by atoms with E-state index in [9.17, 15) is 9.59 Å². The predicted octanol–water partition coefficient (Wildman–Crippen LogP) is 0.982. The number of anilines is 2. The number of aromatic nitrogens is 5. The number of hydrogen-bond acceptors (Lipinski definition) is 6. The number of hydrogen-bond donors (Lipinski definition) is 2. The van der Waals surface area contributed by atoms with Crippen LogP contribution < -0.4 is 10.6 Å². The second-order valence-electron chi connectivity index (χ2n) is 5.03. The van der Waals surface area contributed by atoms with Crippen LogP contribution in [0, 0.1) is 0 Å². The lowest BCUT2D eigenvalue weighted by Gasteiger charge is -2.05. The van der Waals surface area contributed by atoms with E-state index < -0.39 is 6.09 Å². The average Bonchev–Trinajstić information content (AvgIpc) is 3.14. The topological polar surface area (TPSA) is 116 Å². The van der Waals surface area contributed by atoms with Crippen molar-refractivity contribution >= 4 is 34.5 Å². The maximum absolute atomic E-state index is 12.1. The first-order valence-electron chi connectivity index (χ1n) is 7.01. The van der Waals surface area contributed by atoms with Crippen LogP contribution in [0.4, 0.5) is 16.3 Å². The summed E-state index contributed by atoms with van der Waals surface area (Å²) in [5, 5.41) is 12.6. The summed E-state index contributed by atoms with van der Waals surface area (Å²) in [5.74, 6) is -0.0793. The van der Waals surface area contributed by atoms with Crippen LogP contribution in [0.5, 0.6) is 0 Å². The van der Waals surface area contributed by atoms with Crippen LogP contribution in [-0.4, -0.2) is 43.7 Å². The summed E-state index contributed by atoms with van der Waals surface area (Å²) in [6, 6.07) is 5.47. The molecule has 0 saturated heterocycles. The molecule has 0 atom stereocenters. The van der Waals surface area contributed by atoms with E-state index in [0.29, 0.717) is 5.69 Å². The van der Waals surface area contributed by atoms with E-state index in [1.165, 1.54) is 18.0 Å². The number of aryl methyl sites for hydroxylation is 1. The van der Waals surface area contributed by atoms with E-state index in [4.69, 9.17) is 0 Å². The highest BCUT2D eigenvalue weighted by Gasteiger charge is 2.09. The Morgan fingerprint density at radius 3 is 2.92 bits per heavy atom. The molecular weight excluding hydrogens is 314 g/mol. The second-order valence-corrected chi connectivity index (χ2v) is 5.03. The van der Waals surface area contributed by atoms with Gasteiger partial charge in [-0.05, 0) is 18.2 Å². The molecule has 0 bridgehead atoms. The third-order valence-electron chi connectivity index (χ3n) is 3.27. The predicted molar refractivity (Wildman–Crippen MR) is 85.4 cm³/mol. The van der Waals surface area contributed by atoms with Crippen molar-refractivity contribution in [2.45, 2.75) is 6.54 Å². The van der Waals surface area contributed by atoms with Gasteiger partial charge in [0.15, 0.2) is 5.82 Å². The fourth-order valence-electron chi connectivity index (χ4n) is 2.15. The standard InChI is InChI=1S/C14H15N7O3/c1-20-8-15-10-5-9(3-4-11(10)20)16-13(22)7-21-6-12(18-19-21)17-14(23)24-2/h3-6,8H,7H2,1-2H3,(H,16,22)(H,17,23). The Balaban J connectivity index is 1.63. The van der Waals surface area contributed by atoms with Crippen molar-refractivity contribution in [2.24, 2.45) is 7.05 Å². The number of carbonyl (C=O) groups excluding carboxylic acids is 2. The molecule has 2 N–H and O–H groups in total. The third kappa shape index (κ3) is 3.32. The van der Waals surface area contributed by atoms with Crippen LogP contribution in [-0.2, 0) is 23.1 Å². The number of ether oxygens (including phenoxy) is 1. The lowest BCUT2D eigenvalue weighted by molar-refractivity contribution is -0.116. The van der Waals surface area contributed by atoms with Crippen molar-refractivity contribution in [3.05, 3.63) is 30.7 Å². The van der Waals surface area contributed by atoms with Gasteiger partial charge in [0.25, 0.3) is 0 Å². The number of rotatable bonds is 4. The summed E-state index contributed by atoms with van der Waals surface area (Å²) in [7, 11) is 3.14. The molecule has 24 heavy (non-hydrogen) atoms. The van der Waals surface area contributed by atoms with Gasteiger partial charge in [0.1, 0.15) is 6.54 Å². The molecule has 10 nitrogen and oxygen atoms in total. The molecule has 10 heteroatoms. The Morgan fingerprint density at radius 2 is 2.12 bits per heavy atom. The zero-order valence-electron chi connectivity index (χ0n) is 13.1. The quantitative estimate of drug-likeness (QED) is 0.737. The highest BCUT2D eigenvalue weighted by Crippen LogP contribution is 2.17. The number of nitrogens with one attached hydrogen (secondary N) is 2. The summed E-state index contributed by atoms with van der Waals surface area (Å²) in [5.41, 5.74) is 2.41. The van der Waals surface area contributed by atoms with Crippen molar-refractivity contribution < 1.29 is 14.3 Å². The van der Waals surface area contributed by atoms with Crippen molar-refractivity contribution in [3.63, 3.8) is 0 Å². The smallest absolute Gasteiger partial charge is 0.412 e. The minimum atomic E-state index is -0.657. The number of carbonyl (C=O) groups is 2. The van der Waals surface area contributed by atoms with E-state index in [1.807, 2.05) is 17.7 Å². The maximum atomic E-state index is 12.1. The van der Waals surface area contributed by atoms with Crippen LogP contribution in [0.2, 0.25) is 0 Å². The Hall–Kier alpha value is -3.43. The Morgan fingerprint density at radius 1 is 1.29 bits per heavy atom. The van der Waals surface area contributed by atoms with Gasteiger partial charge in [-0.3, -0.25) is 10.1 Å². The van der Waals surface area contributed by atoms with E-state index >= 15 is 0 Å². The molecule has 2 heterocycles. The van der Waals surface area contributed by atoms with Gasteiger partial charge in [0, 0.05) is 12.7 Å². The lowest BCUT2D eigenvalue weighted by Crippen LogP contribution is -2.19. The van der Waals surface area contributed by atoms with Gasteiger partial charge in [-0.1, -0.05) is 5.21 Å². The number of fused-ring (bicyclic) bond motifs is 1. The average molecular weight is 329 g/mol. The molecule has 0 aliphatic rings. The van der Waals surface area contributed by atoms with E-state index in [2.05, 4.69) is 30.7 Å². The molecule has 2 amide bonds. The maximum Gasteiger partial charge on any atom is 0.412 e. The van der Waals surface area contributed by atoms with Crippen molar-refractivity contribution in [3.8, 4) is 0 Å². The summed E-state index contributed by atoms with van der Waals surface area (Å²) in [6.07, 6.45) is 2.48. The molecule has 0 fully saturated rings. The highest BCUT2D eigenvalue weighted by atomic mass is 16.5. The highest BCUT2D eigenvalue weighted by molar-refractivity contribution is 5.93. The van der Waals surface area contributed by atoms with Crippen LogP contribution in [0.3, 0.4) is 0 Å². The Bertz CT molecular complexity index is 899. The van der Waals surface area contributed by atoms with Gasteiger partial charge >= 0.3 is 6.09 Å². The molecule has 3 rings (SSSR count). The van der Waals surface area contributed by atoms with Gasteiger partial charge in [-0.2, -0.15) is 0 Å². The molecule has 0 radical (unpaired) electrons. The minimum Gasteiger partial charge on any atom is -0.453 e. The molecular formula is C14H15N7O3. The van der Waals surface area contributed by atoms with Gasteiger partial charge in [-0.25, -0.2) is 14.5 Å². The fraction of sp³-hybridized carbons (Fsp3) is 0.214. The molecule has 0 aliphatic heterocycles. The molecule has 3 aromatic rings. The molecule has 0 saturated carbocycles. The molecule has 0 aliphatic carbocycles. The number of benzene rings is 1. The fourth-order valence-corrected chi connectivity index (χ4v) is 2.15. The first kappa shape index (κ1) is 15.5. The summed E-state index contributed by atoms with van der Waals surface area (Å²) in [4.78, 5) is 27.4. The first-order valence-corrected chi connectivity index (χ1v) is 7.01. The molecule has 1 aromatic carbocycles. The first-order chi connectivity index (χ1) is 11.5. The SMILES string of the molecule is COC(=O)Nc1cn(CC(=O)Nc2ccc3c(c2)ncn3C)nn1.